The Hall–Kier alpha value is -0.840. The molecule has 120 valence electrons. The molecule has 2 rings (SSSR count). The molecule has 0 radical (unpaired) electrons. The molecule has 0 amide bonds. The molecular formula is C17H30N2O2. The maximum Gasteiger partial charge on any atom is 0.118 e. The standard InChI is InChI=1S/C17H30N2O2/c1-13(2)18-10-17-9-16(14(3)21-17)11-19(4)7-8-20-12-15-5-6-15/h9,13,15,18H,5-8,10-12H2,1-4H3. The molecule has 0 unspecified atom stereocenters. The third-order valence-corrected chi connectivity index (χ3v) is 3.86. The van der Waals surface area contributed by atoms with Gasteiger partial charge in [-0.2, -0.15) is 0 Å². The van der Waals surface area contributed by atoms with Crippen LogP contribution in [0.3, 0.4) is 0 Å². The minimum absolute atomic E-state index is 0.477. The number of hydrogen-bond acceptors (Lipinski definition) is 4. The Morgan fingerprint density at radius 2 is 2.19 bits per heavy atom. The van der Waals surface area contributed by atoms with Crippen molar-refractivity contribution in [1.29, 1.82) is 0 Å². The normalized spacial score (nSPS) is 15.3. The molecule has 0 saturated heterocycles. The molecule has 1 N–H and O–H groups in total. The Kier molecular flexibility index (Phi) is 6.27. The average Bonchev–Trinajstić information content (AvgIpc) is 3.18. The van der Waals surface area contributed by atoms with E-state index in [1.54, 1.807) is 0 Å². The van der Waals surface area contributed by atoms with Crippen LogP contribution in [0.5, 0.6) is 0 Å². The molecule has 21 heavy (non-hydrogen) atoms. The molecule has 1 aromatic rings. The second-order valence-corrected chi connectivity index (χ2v) is 6.59. The van der Waals surface area contributed by atoms with Crippen LogP contribution in [0, 0.1) is 12.8 Å². The summed E-state index contributed by atoms with van der Waals surface area (Å²) in [5.74, 6) is 2.90. The zero-order valence-corrected chi connectivity index (χ0v) is 13.9. The van der Waals surface area contributed by atoms with Crippen molar-refractivity contribution in [3.63, 3.8) is 0 Å². The van der Waals surface area contributed by atoms with Crippen molar-refractivity contribution in [2.24, 2.45) is 5.92 Å². The number of rotatable bonds is 10. The highest BCUT2D eigenvalue weighted by molar-refractivity contribution is 5.20. The Morgan fingerprint density at radius 1 is 1.43 bits per heavy atom. The molecule has 0 aliphatic heterocycles. The monoisotopic (exact) mass is 294 g/mol. The second kappa shape index (κ2) is 7.97. The Labute approximate surface area is 128 Å². The van der Waals surface area contributed by atoms with Gasteiger partial charge in [0.05, 0.1) is 13.2 Å². The van der Waals surface area contributed by atoms with Crippen molar-refractivity contribution < 1.29 is 9.15 Å². The van der Waals surface area contributed by atoms with Crippen LogP contribution in [0.15, 0.2) is 10.5 Å². The van der Waals surface area contributed by atoms with E-state index in [9.17, 15) is 0 Å². The molecule has 0 aromatic carbocycles. The van der Waals surface area contributed by atoms with Gasteiger partial charge in [-0.1, -0.05) is 13.8 Å². The zero-order valence-electron chi connectivity index (χ0n) is 13.9. The van der Waals surface area contributed by atoms with Gasteiger partial charge in [0.15, 0.2) is 0 Å². The summed E-state index contributed by atoms with van der Waals surface area (Å²) >= 11 is 0. The van der Waals surface area contributed by atoms with Gasteiger partial charge in [0, 0.05) is 31.3 Å². The summed E-state index contributed by atoms with van der Waals surface area (Å²) in [6, 6.07) is 2.65. The molecule has 0 bridgehead atoms. The first-order chi connectivity index (χ1) is 10.0. The molecule has 0 atom stereocenters. The summed E-state index contributed by atoms with van der Waals surface area (Å²) in [6.45, 7) is 10.8. The van der Waals surface area contributed by atoms with E-state index >= 15 is 0 Å². The molecule has 1 aromatic heterocycles. The van der Waals surface area contributed by atoms with E-state index in [2.05, 4.69) is 37.2 Å². The van der Waals surface area contributed by atoms with Crippen LogP contribution >= 0.6 is 0 Å². The van der Waals surface area contributed by atoms with E-state index in [0.29, 0.717) is 6.04 Å². The topological polar surface area (TPSA) is 37.6 Å². The average molecular weight is 294 g/mol. The van der Waals surface area contributed by atoms with E-state index < -0.39 is 0 Å². The number of ether oxygens (including phenoxy) is 1. The fraction of sp³-hybridized carbons (Fsp3) is 0.765. The summed E-state index contributed by atoms with van der Waals surface area (Å²) in [5.41, 5.74) is 1.28. The van der Waals surface area contributed by atoms with Crippen LogP contribution in [0.4, 0.5) is 0 Å². The quantitative estimate of drug-likeness (QED) is 0.673. The fourth-order valence-electron chi connectivity index (χ4n) is 2.26. The van der Waals surface area contributed by atoms with Gasteiger partial charge >= 0.3 is 0 Å². The number of hydrogen-bond donors (Lipinski definition) is 1. The van der Waals surface area contributed by atoms with Crippen LogP contribution in [-0.2, 0) is 17.8 Å². The van der Waals surface area contributed by atoms with Crippen LogP contribution in [0.25, 0.3) is 0 Å². The van der Waals surface area contributed by atoms with Crippen molar-refractivity contribution in [2.75, 3.05) is 26.8 Å². The van der Waals surface area contributed by atoms with Crippen molar-refractivity contribution in [3.8, 4) is 0 Å². The smallest absolute Gasteiger partial charge is 0.118 e. The molecule has 1 aliphatic carbocycles. The molecular weight excluding hydrogens is 264 g/mol. The number of likely N-dealkylation sites (N-methyl/N-ethyl adjacent to an activating group) is 1. The lowest BCUT2D eigenvalue weighted by Gasteiger charge is -2.16. The van der Waals surface area contributed by atoms with Crippen molar-refractivity contribution in [2.45, 2.75) is 52.7 Å². The minimum atomic E-state index is 0.477. The van der Waals surface area contributed by atoms with Crippen LogP contribution < -0.4 is 5.32 Å². The third kappa shape index (κ3) is 6.20. The minimum Gasteiger partial charge on any atom is -0.465 e. The summed E-state index contributed by atoms with van der Waals surface area (Å²) in [6.07, 6.45) is 2.72. The Morgan fingerprint density at radius 3 is 2.86 bits per heavy atom. The zero-order chi connectivity index (χ0) is 15.2. The summed E-state index contributed by atoms with van der Waals surface area (Å²) in [7, 11) is 2.14. The second-order valence-electron chi connectivity index (χ2n) is 6.59. The molecule has 0 spiro atoms. The molecule has 1 heterocycles. The highest BCUT2D eigenvalue weighted by Gasteiger charge is 2.21. The van der Waals surface area contributed by atoms with Gasteiger partial charge in [0.25, 0.3) is 0 Å². The van der Waals surface area contributed by atoms with Crippen LogP contribution in [0.1, 0.15) is 43.8 Å². The van der Waals surface area contributed by atoms with Gasteiger partial charge in [-0.05, 0) is 38.8 Å². The van der Waals surface area contributed by atoms with Crippen molar-refractivity contribution in [1.82, 2.24) is 10.2 Å². The van der Waals surface area contributed by atoms with Gasteiger partial charge in [0.2, 0.25) is 0 Å². The predicted octanol–water partition coefficient (Wildman–Crippen LogP) is 2.94. The largest absolute Gasteiger partial charge is 0.465 e. The van der Waals surface area contributed by atoms with E-state index in [4.69, 9.17) is 9.15 Å². The maximum atomic E-state index is 5.81. The number of furan rings is 1. The van der Waals surface area contributed by atoms with E-state index in [-0.39, 0.29) is 0 Å². The molecule has 1 aliphatic rings. The predicted molar refractivity (Wildman–Crippen MR) is 85.3 cm³/mol. The lowest BCUT2D eigenvalue weighted by Crippen LogP contribution is -2.23. The van der Waals surface area contributed by atoms with Crippen molar-refractivity contribution >= 4 is 0 Å². The van der Waals surface area contributed by atoms with Crippen LogP contribution in [0.2, 0.25) is 0 Å². The number of aryl methyl sites for hydroxylation is 1. The van der Waals surface area contributed by atoms with E-state index in [1.807, 2.05) is 6.92 Å². The fourth-order valence-corrected chi connectivity index (χ4v) is 2.26. The first-order valence-corrected chi connectivity index (χ1v) is 8.12. The van der Waals surface area contributed by atoms with Crippen LogP contribution in [-0.4, -0.2) is 37.7 Å². The highest BCUT2D eigenvalue weighted by Crippen LogP contribution is 2.28. The summed E-state index contributed by atoms with van der Waals surface area (Å²) in [5, 5.41) is 3.39. The number of nitrogens with zero attached hydrogens (tertiary/aromatic N) is 1. The van der Waals surface area contributed by atoms with Gasteiger partial charge in [-0.3, -0.25) is 4.90 Å². The van der Waals surface area contributed by atoms with Gasteiger partial charge in [0.1, 0.15) is 11.5 Å². The summed E-state index contributed by atoms with van der Waals surface area (Å²) < 4.78 is 11.5. The first-order valence-electron chi connectivity index (χ1n) is 8.12. The molecule has 4 heteroatoms. The lowest BCUT2D eigenvalue weighted by atomic mass is 10.2. The van der Waals surface area contributed by atoms with Gasteiger partial charge in [-0.25, -0.2) is 0 Å². The molecule has 1 saturated carbocycles. The Balaban J connectivity index is 1.70. The van der Waals surface area contributed by atoms with E-state index in [1.165, 1.54) is 18.4 Å². The van der Waals surface area contributed by atoms with E-state index in [0.717, 1.165) is 50.3 Å². The maximum absolute atomic E-state index is 5.81. The lowest BCUT2D eigenvalue weighted by molar-refractivity contribution is 0.102. The van der Waals surface area contributed by atoms with Gasteiger partial charge < -0.3 is 14.5 Å². The summed E-state index contributed by atoms with van der Waals surface area (Å²) in [4.78, 5) is 2.30. The SMILES string of the molecule is Cc1oc(CNC(C)C)cc1CN(C)CCOCC1CC1. The third-order valence-electron chi connectivity index (χ3n) is 3.86. The highest BCUT2D eigenvalue weighted by atomic mass is 16.5. The Bertz CT molecular complexity index is 424. The first kappa shape index (κ1) is 16.5. The number of nitrogens with one attached hydrogen (secondary N) is 1. The van der Waals surface area contributed by atoms with Crippen molar-refractivity contribution in [3.05, 3.63) is 23.2 Å². The molecule has 1 fully saturated rings. The molecule has 4 nitrogen and oxygen atoms in total. The van der Waals surface area contributed by atoms with Gasteiger partial charge in [-0.15, -0.1) is 0 Å².